The van der Waals surface area contributed by atoms with E-state index in [9.17, 15) is 8.42 Å². The Labute approximate surface area is 106 Å². The fraction of sp³-hybridized carbons (Fsp3) is 0.0769. The third kappa shape index (κ3) is 2.69. The fourth-order valence-electron chi connectivity index (χ4n) is 1.56. The summed E-state index contributed by atoms with van der Waals surface area (Å²) in [5.74, 6) is 0.282. The van der Waals surface area contributed by atoms with Gasteiger partial charge in [-0.3, -0.25) is 0 Å². The van der Waals surface area contributed by atoms with Gasteiger partial charge >= 0.3 is 10.1 Å². The SMILES string of the molecule is NCc1ccccc1S(=O)(=O)Oc1ccccc1. The molecule has 2 aromatic carbocycles. The van der Waals surface area contributed by atoms with Gasteiger partial charge in [0.25, 0.3) is 0 Å². The summed E-state index contributed by atoms with van der Waals surface area (Å²) in [7, 11) is -3.84. The van der Waals surface area contributed by atoms with E-state index in [0.29, 0.717) is 5.56 Å². The summed E-state index contributed by atoms with van der Waals surface area (Å²) in [5, 5.41) is 0. The normalized spacial score (nSPS) is 11.2. The Morgan fingerprint density at radius 3 is 2.22 bits per heavy atom. The zero-order valence-corrected chi connectivity index (χ0v) is 10.4. The largest absolute Gasteiger partial charge is 0.379 e. The zero-order valence-electron chi connectivity index (χ0n) is 9.61. The smallest absolute Gasteiger partial charge is 0.339 e. The molecule has 0 fully saturated rings. The summed E-state index contributed by atoms with van der Waals surface area (Å²) >= 11 is 0. The van der Waals surface area contributed by atoms with Crippen molar-refractivity contribution < 1.29 is 12.6 Å². The maximum atomic E-state index is 12.1. The van der Waals surface area contributed by atoms with Crippen LogP contribution in [0.25, 0.3) is 0 Å². The van der Waals surface area contributed by atoms with Crippen LogP contribution < -0.4 is 9.92 Å². The average molecular weight is 263 g/mol. The van der Waals surface area contributed by atoms with Crippen molar-refractivity contribution in [2.45, 2.75) is 11.4 Å². The molecule has 0 saturated carbocycles. The molecule has 2 aromatic rings. The first-order valence-electron chi connectivity index (χ1n) is 5.41. The zero-order chi connectivity index (χ0) is 13.0. The second kappa shape index (κ2) is 5.20. The van der Waals surface area contributed by atoms with E-state index >= 15 is 0 Å². The van der Waals surface area contributed by atoms with E-state index < -0.39 is 10.1 Å². The molecular weight excluding hydrogens is 250 g/mol. The highest BCUT2D eigenvalue weighted by molar-refractivity contribution is 7.87. The monoisotopic (exact) mass is 263 g/mol. The molecule has 0 unspecified atom stereocenters. The first-order chi connectivity index (χ1) is 8.63. The Kier molecular flexibility index (Phi) is 3.64. The summed E-state index contributed by atoms with van der Waals surface area (Å²) in [5.41, 5.74) is 6.06. The second-order valence-corrected chi connectivity index (χ2v) is 5.18. The van der Waals surface area contributed by atoms with Crippen LogP contribution in [0.3, 0.4) is 0 Å². The molecule has 94 valence electrons. The molecule has 0 radical (unpaired) electrons. The molecule has 0 amide bonds. The van der Waals surface area contributed by atoms with Crippen LogP contribution >= 0.6 is 0 Å². The lowest BCUT2D eigenvalue weighted by atomic mass is 10.2. The lowest BCUT2D eigenvalue weighted by molar-refractivity contribution is 0.485. The number of benzene rings is 2. The summed E-state index contributed by atoms with van der Waals surface area (Å²) in [4.78, 5) is 0.108. The van der Waals surface area contributed by atoms with Crippen molar-refractivity contribution in [1.29, 1.82) is 0 Å². The highest BCUT2D eigenvalue weighted by Crippen LogP contribution is 2.20. The molecule has 4 nitrogen and oxygen atoms in total. The molecular formula is C13H13NO3S. The van der Waals surface area contributed by atoms with E-state index in [-0.39, 0.29) is 17.2 Å². The van der Waals surface area contributed by atoms with Gasteiger partial charge in [-0.1, -0.05) is 36.4 Å². The summed E-state index contributed by atoms with van der Waals surface area (Å²) in [6, 6.07) is 14.9. The third-order valence-electron chi connectivity index (χ3n) is 2.41. The van der Waals surface area contributed by atoms with Crippen molar-refractivity contribution in [2.24, 2.45) is 5.73 Å². The maximum Gasteiger partial charge on any atom is 0.339 e. The van der Waals surface area contributed by atoms with Crippen LogP contribution in [-0.4, -0.2) is 8.42 Å². The molecule has 0 aliphatic rings. The Balaban J connectivity index is 2.37. The van der Waals surface area contributed by atoms with E-state index in [2.05, 4.69) is 0 Å². The molecule has 18 heavy (non-hydrogen) atoms. The van der Waals surface area contributed by atoms with Crippen LogP contribution in [0.15, 0.2) is 59.5 Å². The molecule has 0 atom stereocenters. The van der Waals surface area contributed by atoms with Crippen LogP contribution in [0.1, 0.15) is 5.56 Å². The van der Waals surface area contributed by atoms with Crippen molar-refractivity contribution in [1.82, 2.24) is 0 Å². The lowest BCUT2D eigenvalue weighted by Crippen LogP contribution is -2.13. The minimum absolute atomic E-state index is 0.108. The van der Waals surface area contributed by atoms with Gasteiger partial charge in [-0.15, -0.1) is 0 Å². The number of para-hydroxylation sites is 1. The first kappa shape index (κ1) is 12.6. The van der Waals surface area contributed by atoms with Crippen molar-refractivity contribution in [3.63, 3.8) is 0 Å². The van der Waals surface area contributed by atoms with Crippen LogP contribution in [0.5, 0.6) is 5.75 Å². The molecule has 2 rings (SSSR count). The quantitative estimate of drug-likeness (QED) is 0.855. The Morgan fingerprint density at radius 2 is 1.56 bits per heavy atom. The lowest BCUT2D eigenvalue weighted by Gasteiger charge is -2.09. The van der Waals surface area contributed by atoms with Crippen molar-refractivity contribution >= 4 is 10.1 Å². The average Bonchev–Trinajstić information content (AvgIpc) is 2.39. The van der Waals surface area contributed by atoms with Gasteiger partial charge in [-0.25, -0.2) is 0 Å². The van der Waals surface area contributed by atoms with E-state index in [1.54, 1.807) is 48.5 Å². The van der Waals surface area contributed by atoms with Gasteiger partial charge in [0.15, 0.2) is 0 Å². The van der Waals surface area contributed by atoms with E-state index in [0.717, 1.165) is 0 Å². The fourth-order valence-corrected chi connectivity index (χ4v) is 2.74. The molecule has 0 heterocycles. The number of hydrogen-bond donors (Lipinski definition) is 1. The van der Waals surface area contributed by atoms with Crippen molar-refractivity contribution in [3.8, 4) is 5.75 Å². The van der Waals surface area contributed by atoms with E-state index in [1.165, 1.54) is 6.07 Å². The molecule has 0 aromatic heterocycles. The summed E-state index contributed by atoms with van der Waals surface area (Å²) in [6.07, 6.45) is 0. The van der Waals surface area contributed by atoms with Crippen molar-refractivity contribution in [3.05, 3.63) is 60.2 Å². The molecule has 5 heteroatoms. The van der Waals surface area contributed by atoms with E-state index in [1.807, 2.05) is 0 Å². The van der Waals surface area contributed by atoms with Crippen LogP contribution in [-0.2, 0) is 16.7 Å². The number of rotatable bonds is 4. The van der Waals surface area contributed by atoms with E-state index in [4.69, 9.17) is 9.92 Å². The van der Waals surface area contributed by atoms with Gasteiger partial charge < -0.3 is 9.92 Å². The van der Waals surface area contributed by atoms with Gasteiger partial charge in [0.1, 0.15) is 10.6 Å². The predicted molar refractivity (Wildman–Crippen MR) is 68.6 cm³/mol. The molecule has 0 spiro atoms. The summed E-state index contributed by atoms with van der Waals surface area (Å²) in [6.45, 7) is 0.146. The standard InChI is InChI=1S/C13H13NO3S/c14-10-11-6-4-5-9-13(11)18(15,16)17-12-7-2-1-3-8-12/h1-9H,10,14H2. The molecule has 0 aliphatic carbocycles. The van der Waals surface area contributed by atoms with Gasteiger partial charge in [-0.05, 0) is 23.8 Å². The topological polar surface area (TPSA) is 69.4 Å². The van der Waals surface area contributed by atoms with Crippen LogP contribution in [0.2, 0.25) is 0 Å². The number of hydrogen-bond acceptors (Lipinski definition) is 4. The van der Waals surface area contributed by atoms with Gasteiger partial charge in [0, 0.05) is 6.54 Å². The predicted octanol–water partition coefficient (Wildman–Crippen LogP) is 1.91. The Bertz CT molecular complexity index is 624. The number of nitrogens with two attached hydrogens (primary N) is 1. The Morgan fingerprint density at radius 1 is 0.944 bits per heavy atom. The second-order valence-electron chi connectivity index (χ2n) is 3.66. The Hall–Kier alpha value is -1.85. The summed E-state index contributed by atoms with van der Waals surface area (Å²) < 4.78 is 29.3. The molecule has 0 saturated heterocycles. The first-order valence-corrected chi connectivity index (χ1v) is 6.82. The minimum atomic E-state index is -3.84. The maximum absolute atomic E-state index is 12.1. The van der Waals surface area contributed by atoms with Gasteiger partial charge in [-0.2, -0.15) is 8.42 Å². The van der Waals surface area contributed by atoms with Gasteiger partial charge in [0.05, 0.1) is 0 Å². The van der Waals surface area contributed by atoms with Crippen molar-refractivity contribution in [2.75, 3.05) is 0 Å². The third-order valence-corrected chi connectivity index (χ3v) is 3.76. The minimum Gasteiger partial charge on any atom is -0.379 e. The molecule has 2 N–H and O–H groups in total. The van der Waals surface area contributed by atoms with Crippen LogP contribution in [0, 0.1) is 0 Å². The van der Waals surface area contributed by atoms with Gasteiger partial charge in [0.2, 0.25) is 0 Å². The van der Waals surface area contributed by atoms with Crippen LogP contribution in [0.4, 0.5) is 0 Å². The molecule has 0 aliphatic heterocycles. The molecule has 0 bridgehead atoms. The highest BCUT2D eigenvalue weighted by atomic mass is 32.2. The highest BCUT2D eigenvalue weighted by Gasteiger charge is 2.19.